The van der Waals surface area contributed by atoms with Gasteiger partial charge in [0.25, 0.3) is 0 Å². The van der Waals surface area contributed by atoms with Crippen molar-refractivity contribution in [2.45, 2.75) is 43.8 Å². The summed E-state index contributed by atoms with van der Waals surface area (Å²) >= 11 is 0. The molecular weight excluding hydrogens is 499 g/mol. The van der Waals surface area contributed by atoms with Crippen molar-refractivity contribution < 1.29 is 17.6 Å². The van der Waals surface area contributed by atoms with Crippen molar-refractivity contribution in [3.05, 3.63) is 35.6 Å². The largest absolute Gasteiger partial charge is 0.401 e. The van der Waals surface area contributed by atoms with E-state index in [1.165, 1.54) is 11.0 Å². The highest BCUT2D eigenvalue weighted by Gasteiger charge is 2.40. The van der Waals surface area contributed by atoms with Crippen molar-refractivity contribution in [2.75, 3.05) is 33.2 Å². The van der Waals surface area contributed by atoms with Crippen molar-refractivity contribution in [2.24, 2.45) is 10.9 Å². The molecule has 29 heavy (non-hydrogen) atoms. The monoisotopic (exact) mass is 528 g/mol. The fraction of sp³-hybridized carbons (Fsp3) is 0.650. The Labute approximate surface area is 186 Å². The van der Waals surface area contributed by atoms with Gasteiger partial charge in [0.05, 0.1) is 6.54 Å². The lowest BCUT2D eigenvalue weighted by atomic mass is 9.93. The van der Waals surface area contributed by atoms with Gasteiger partial charge in [0.15, 0.2) is 5.96 Å². The number of likely N-dealkylation sites (tertiary alicyclic amines) is 1. The number of nitrogens with zero attached hydrogens (tertiary/aromatic N) is 2. The predicted molar refractivity (Wildman–Crippen MR) is 117 cm³/mol. The molecule has 2 unspecified atom stereocenters. The van der Waals surface area contributed by atoms with Gasteiger partial charge in [-0.3, -0.25) is 9.89 Å². The summed E-state index contributed by atoms with van der Waals surface area (Å²) in [6, 6.07) is 7.02. The molecule has 1 aromatic rings. The topological polar surface area (TPSA) is 39.7 Å². The van der Waals surface area contributed by atoms with E-state index in [9.17, 15) is 17.6 Å². The van der Waals surface area contributed by atoms with Gasteiger partial charge in [0.1, 0.15) is 5.82 Å². The summed E-state index contributed by atoms with van der Waals surface area (Å²) < 4.78 is 51.2. The minimum absolute atomic E-state index is 0. The van der Waals surface area contributed by atoms with Gasteiger partial charge in [-0.2, -0.15) is 13.2 Å². The number of guanidine groups is 1. The lowest BCUT2D eigenvalue weighted by Crippen LogP contribution is -2.42. The molecule has 2 N–H and O–H groups in total. The summed E-state index contributed by atoms with van der Waals surface area (Å²) in [5.41, 5.74) is 0.737. The first kappa shape index (κ1) is 24.2. The van der Waals surface area contributed by atoms with E-state index in [0.29, 0.717) is 25.0 Å². The highest BCUT2D eigenvalue weighted by Crippen LogP contribution is 2.41. The number of benzene rings is 1. The van der Waals surface area contributed by atoms with Crippen molar-refractivity contribution in [1.29, 1.82) is 0 Å². The fourth-order valence-corrected chi connectivity index (χ4v) is 3.93. The number of alkyl halides is 3. The van der Waals surface area contributed by atoms with Gasteiger partial charge in [-0.1, -0.05) is 18.2 Å². The highest BCUT2D eigenvalue weighted by molar-refractivity contribution is 14.0. The van der Waals surface area contributed by atoms with Crippen molar-refractivity contribution in [3.63, 3.8) is 0 Å². The molecule has 2 atom stereocenters. The molecule has 1 saturated carbocycles. The third kappa shape index (κ3) is 7.58. The lowest BCUT2D eigenvalue weighted by Gasteiger charge is -2.32. The Morgan fingerprint density at radius 3 is 2.52 bits per heavy atom. The van der Waals surface area contributed by atoms with Gasteiger partial charge in [0.2, 0.25) is 0 Å². The van der Waals surface area contributed by atoms with E-state index in [2.05, 4.69) is 15.6 Å². The molecule has 1 heterocycles. The minimum Gasteiger partial charge on any atom is -0.356 e. The van der Waals surface area contributed by atoms with E-state index in [0.717, 1.165) is 37.8 Å². The van der Waals surface area contributed by atoms with Crippen molar-refractivity contribution in [3.8, 4) is 0 Å². The smallest absolute Gasteiger partial charge is 0.356 e. The number of piperidine rings is 1. The summed E-state index contributed by atoms with van der Waals surface area (Å²) in [5, 5.41) is 6.60. The molecule has 4 nitrogen and oxygen atoms in total. The van der Waals surface area contributed by atoms with E-state index < -0.39 is 12.7 Å². The van der Waals surface area contributed by atoms with Crippen LogP contribution in [-0.4, -0.2) is 56.3 Å². The van der Waals surface area contributed by atoms with Crippen LogP contribution >= 0.6 is 24.0 Å². The quantitative estimate of drug-likeness (QED) is 0.253. The molecule has 1 aliphatic carbocycles. The molecule has 1 aliphatic heterocycles. The maximum Gasteiger partial charge on any atom is 0.401 e. The summed E-state index contributed by atoms with van der Waals surface area (Å²) in [5.74, 6) is 1.12. The number of nitrogens with one attached hydrogen (secondary N) is 2. The normalized spacial score (nSPS) is 23.4. The van der Waals surface area contributed by atoms with E-state index in [-0.39, 0.29) is 41.8 Å². The Bertz CT molecular complexity index is 675. The first-order chi connectivity index (χ1) is 13.4. The molecule has 0 aromatic heterocycles. The fourth-order valence-electron chi connectivity index (χ4n) is 3.93. The van der Waals surface area contributed by atoms with Gasteiger partial charge < -0.3 is 10.6 Å². The van der Waals surface area contributed by atoms with Gasteiger partial charge in [0, 0.05) is 25.6 Å². The third-order valence-electron chi connectivity index (χ3n) is 5.60. The number of hydrogen-bond donors (Lipinski definition) is 2. The molecule has 0 radical (unpaired) electrons. The number of rotatable bonds is 6. The van der Waals surface area contributed by atoms with Crippen LogP contribution in [0.25, 0.3) is 0 Å². The van der Waals surface area contributed by atoms with Crippen LogP contribution in [0.15, 0.2) is 29.3 Å². The molecule has 1 saturated heterocycles. The number of hydrogen-bond acceptors (Lipinski definition) is 2. The second-order valence-corrected chi connectivity index (χ2v) is 7.74. The maximum absolute atomic E-state index is 13.9. The molecule has 9 heteroatoms. The molecule has 0 spiro atoms. The van der Waals surface area contributed by atoms with Crippen molar-refractivity contribution in [1.82, 2.24) is 15.5 Å². The Morgan fingerprint density at radius 1 is 1.21 bits per heavy atom. The average Bonchev–Trinajstić information content (AvgIpc) is 3.40. The standard InChI is InChI=1S/C20H28F4N4.HI/c1-25-19(27-18-12-16(18)15-4-2-3-5-17(15)21)26-9-6-14-7-10-28(11-8-14)13-20(22,23)24;/h2-5,14,16,18H,6-13H2,1H3,(H2,25,26,27);1H. The van der Waals surface area contributed by atoms with Crippen molar-refractivity contribution >= 4 is 29.9 Å². The van der Waals surface area contributed by atoms with Gasteiger partial charge in [-0.25, -0.2) is 4.39 Å². The van der Waals surface area contributed by atoms with E-state index in [1.807, 2.05) is 12.1 Å². The summed E-state index contributed by atoms with van der Waals surface area (Å²) in [6.07, 6.45) is -0.749. The SMILES string of the molecule is CN=C(NCCC1CCN(CC(F)(F)F)CC1)NC1CC1c1ccccc1F.I. The second-order valence-electron chi connectivity index (χ2n) is 7.74. The molecule has 0 amide bonds. The predicted octanol–water partition coefficient (Wildman–Crippen LogP) is 4.13. The molecule has 2 fully saturated rings. The first-order valence-electron chi connectivity index (χ1n) is 9.86. The van der Waals surface area contributed by atoms with E-state index in [4.69, 9.17) is 0 Å². The van der Waals surface area contributed by atoms with Crippen LogP contribution in [0.4, 0.5) is 17.6 Å². The third-order valence-corrected chi connectivity index (χ3v) is 5.60. The summed E-state index contributed by atoms with van der Waals surface area (Å²) in [4.78, 5) is 5.71. The summed E-state index contributed by atoms with van der Waals surface area (Å²) in [6.45, 7) is 0.923. The van der Waals surface area contributed by atoms with E-state index >= 15 is 0 Å². The van der Waals surface area contributed by atoms with Crippen LogP contribution in [-0.2, 0) is 0 Å². The lowest BCUT2D eigenvalue weighted by molar-refractivity contribution is -0.148. The average molecular weight is 528 g/mol. The zero-order chi connectivity index (χ0) is 20.1. The van der Waals surface area contributed by atoms with Gasteiger partial charge in [-0.05, 0) is 56.3 Å². The molecule has 3 rings (SSSR count). The van der Waals surface area contributed by atoms with Crippen LogP contribution in [0.1, 0.15) is 37.2 Å². The van der Waals surface area contributed by atoms with Gasteiger partial charge in [-0.15, -0.1) is 24.0 Å². The zero-order valence-electron chi connectivity index (χ0n) is 16.5. The Hall–Kier alpha value is -1.10. The molecule has 164 valence electrons. The molecule has 1 aromatic carbocycles. The Morgan fingerprint density at radius 2 is 1.90 bits per heavy atom. The number of aliphatic imine (C=N–C) groups is 1. The van der Waals surface area contributed by atoms with Crippen LogP contribution in [0, 0.1) is 11.7 Å². The zero-order valence-corrected chi connectivity index (χ0v) is 18.8. The molecule has 0 bridgehead atoms. The van der Waals surface area contributed by atoms with Crippen LogP contribution in [0.3, 0.4) is 0 Å². The van der Waals surface area contributed by atoms with Gasteiger partial charge >= 0.3 is 6.18 Å². The minimum atomic E-state index is -4.12. The number of halogens is 5. The first-order valence-corrected chi connectivity index (χ1v) is 9.86. The molecular formula is C20H29F4IN4. The van der Waals surface area contributed by atoms with Crippen LogP contribution in [0.2, 0.25) is 0 Å². The second kappa shape index (κ2) is 10.8. The Balaban J connectivity index is 0.00000300. The van der Waals surface area contributed by atoms with E-state index in [1.54, 1.807) is 13.1 Å². The maximum atomic E-state index is 13.9. The van der Waals surface area contributed by atoms with Crippen LogP contribution < -0.4 is 10.6 Å². The Kier molecular flexibility index (Phi) is 8.99. The highest BCUT2D eigenvalue weighted by atomic mass is 127. The van der Waals surface area contributed by atoms with Crippen LogP contribution in [0.5, 0.6) is 0 Å². The summed E-state index contributed by atoms with van der Waals surface area (Å²) in [7, 11) is 1.70. The molecule has 2 aliphatic rings.